The lowest BCUT2D eigenvalue weighted by atomic mass is 9.89. The Morgan fingerprint density at radius 1 is 1.15 bits per heavy atom. The lowest BCUT2D eigenvalue weighted by Crippen LogP contribution is -2.38. The third-order valence-corrected chi connectivity index (χ3v) is 4.29. The highest BCUT2D eigenvalue weighted by Crippen LogP contribution is 2.24. The highest BCUT2D eigenvalue weighted by molar-refractivity contribution is 7.85. The van der Waals surface area contributed by atoms with Gasteiger partial charge in [0, 0.05) is 5.92 Å². The van der Waals surface area contributed by atoms with Crippen LogP contribution < -0.4 is 8.91 Å². The van der Waals surface area contributed by atoms with Crippen LogP contribution in [0.3, 0.4) is 0 Å². The summed E-state index contributed by atoms with van der Waals surface area (Å²) >= 11 is 0. The van der Waals surface area contributed by atoms with Crippen molar-refractivity contribution >= 4 is 16.2 Å². The Bertz CT molecular complexity index is 559. The van der Waals surface area contributed by atoms with Crippen LogP contribution in [-0.4, -0.2) is 14.3 Å². The number of aryl methyl sites for hydroxylation is 1. The van der Waals surface area contributed by atoms with E-state index in [1.807, 2.05) is 11.6 Å². The summed E-state index contributed by atoms with van der Waals surface area (Å²) in [5.74, 6) is -0.489. The molecule has 110 valence electrons. The van der Waals surface area contributed by atoms with Gasteiger partial charge in [0.25, 0.3) is 0 Å². The van der Waals surface area contributed by atoms with Crippen LogP contribution in [0.25, 0.3) is 0 Å². The standard InChI is InChI=1S/C14H19NO4S/c1-11-7-9-13(10-8-11)19-20(17,18)15-14(16)12-5-3-2-4-6-12/h7-10,12H,2-6H2,1H3,(H,15,16). The molecule has 1 aromatic carbocycles. The van der Waals surface area contributed by atoms with Gasteiger partial charge in [-0.05, 0) is 31.9 Å². The molecule has 1 aromatic rings. The summed E-state index contributed by atoms with van der Waals surface area (Å²) in [6, 6.07) is 6.60. The Hall–Kier alpha value is -1.56. The first-order valence-corrected chi connectivity index (χ1v) is 8.20. The summed E-state index contributed by atoms with van der Waals surface area (Å²) in [7, 11) is -4.10. The zero-order valence-corrected chi connectivity index (χ0v) is 12.3. The molecule has 0 bridgehead atoms. The summed E-state index contributed by atoms with van der Waals surface area (Å²) in [5, 5.41) is 0. The number of nitrogens with one attached hydrogen (secondary N) is 1. The molecule has 0 spiro atoms. The van der Waals surface area contributed by atoms with Crippen molar-refractivity contribution in [1.82, 2.24) is 4.72 Å². The molecule has 0 saturated heterocycles. The maximum atomic E-state index is 11.9. The maximum absolute atomic E-state index is 11.9. The first-order chi connectivity index (χ1) is 9.46. The van der Waals surface area contributed by atoms with E-state index in [-0.39, 0.29) is 11.7 Å². The quantitative estimate of drug-likeness (QED) is 0.925. The van der Waals surface area contributed by atoms with E-state index >= 15 is 0 Å². The molecule has 6 heteroatoms. The summed E-state index contributed by atoms with van der Waals surface area (Å²) in [5.41, 5.74) is 1.00. The summed E-state index contributed by atoms with van der Waals surface area (Å²) in [6.07, 6.45) is 4.53. The number of hydrogen-bond acceptors (Lipinski definition) is 4. The topological polar surface area (TPSA) is 72.5 Å². The molecular weight excluding hydrogens is 278 g/mol. The fourth-order valence-corrected chi connectivity index (χ4v) is 3.13. The van der Waals surface area contributed by atoms with E-state index in [9.17, 15) is 13.2 Å². The van der Waals surface area contributed by atoms with Crippen LogP contribution in [0.1, 0.15) is 37.7 Å². The van der Waals surface area contributed by atoms with Crippen molar-refractivity contribution in [2.45, 2.75) is 39.0 Å². The van der Waals surface area contributed by atoms with Gasteiger partial charge in [0.15, 0.2) is 0 Å². The molecule has 0 heterocycles. The van der Waals surface area contributed by atoms with Crippen molar-refractivity contribution in [3.05, 3.63) is 29.8 Å². The molecular formula is C14H19NO4S. The average molecular weight is 297 g/mol. The van der Waals surface area contributed by atoms with E-state index in [1.165, 1.54) is 0 Å². The molecule has 20 heavy (non-hydrogen) atoms. The van der Waals surface area contributed by atoms with Gasteiger partial charge >= 0.3 is 10.3 Å². The van der Waals surface area contributed by atoms with Gasteiger partial charge < -0.3 is 4.18 Å². The van der Waals surface area contributed by atoms with Crippen LogP contribution in [-0.2, 0) is 15.1 Å². The van der Waals surface area contributed by atoms with Crippen molar-refractivity contribution in [2.75, 3.05) is 0 Å². The van der Waals surface area contributed by atoms with E-state index in [0.717, 1.165) is 37.7 Å². The monoisotopic (exact) mass is 297 g/mol. The van der Waals surface area contributed by atoms with Crippen LogP contribution in [0, 0.1) is 12.8 Å². The van der Waals surface area contributed by atoms with Gasteiger partial charge in [0.2, 0.25) is 5.91 Å². The van der Waals surface area contributed by atoms with Gasteiger partial charge in [0.1, 0.15) is 5.75 Å². The Morgan fingerprint density at radius 3 is 2.35 bits per heavy atom. The minimum Gasteiger partial charge on any atom is -0.367 e. The van der Waals surface area contributed by atoms with E-state index in [0.29, 0.717) is 0 Å². The number of rotatable bonds is 4. The number of amides is 1. The minimum absolute atomic E-state index is 0.194. The lowest BCUT2D eigenvalue weighted by Gasteiger charge is -2.20. The van der Waals surface area contributed by atoms with Gasteiger partial charge in [-0.3, -0.25) is 4.79 Å². The fourth-order valence-electron chi connectivity index (χ4n) is 2.31. The molecule has 1 amide bonds. The van der Waals surface area contributed by atoms with Crippen molar-refractivity contribution in [3.8, 4) is 5.75 Å². The SMILES string of the molecule is Cc1ccc(OS(=O)(=O)NC(=O)C2CCCCC2)cc1. The van der Waals surface area contributed by atoms with Crippen LogP contribution in [0.5, 0.6) is 5.75 Å². The Balaban J connectivity index is 1.96. The number of hydrogen-bond donors (Lipinski definition) is 1. The van der Waals surface area contributed by atoms with Gasteiger partial charge in [0.05, 0.1) is 0 Å². The molecule has 1 aliphatic carbocycles. The summed E-state index contributed by atoms with van der Waals surface area (Å²) in [4.78, 5) is 11.9. The average Bonchev–Trinajstić information content (AvgIpc) is 2.41. The molecule has 0 aliphatic heterocycles. The number of carbonyl (C=O) groups is 1. The summed E-state index contributed by atoms with van der Waals surface area (Å²) in [6.45, 7) is 1.89. The molecule has 0 aromatic heterocycles. The Morgan fingerprint density at radius 2 is 1.75 bits per heavy atom. The second kappa shape index (κ2) is 6.26. The third-order valence-electron chi connectivity index (χ3n) is 3.43. The second-order valence-corrected chi connectivity index (χ2v) is 6.43. The smallest absolute Gasteiger partial charge is 0.367 e. The molecule has 0 unspecified atom stereocenters. The van der Waals surface area contributed by atoms with Crippen molar-refractivity contribution in [2.24, 2.45) is 5.92 Å². The number of benzene rings is 1. The summed E-state index contributed by atoms with van der Waals surface area (Å²) < 4.78 is 30.4. The molecule has 0 radical (unpaired) electrons. The van der Waals surface area contributed by atoms with E-state index in [2.05, 4.69) is 0 Å². The Labute approximate surface area is 119 Å². The van der Waals surface area contributed by atoms with Crippen LogP contribution in [0.2, 0.25) is 0 Å². The van der Waals surface area contributed by atoms with E-state index in [1.54, 1.807) is 24.3 Å². The molecule has 1 aliphatic rings. The first kappa shape index (κ1) is 14.8. The maximum Gasteiger partial charge on any atom is 0.409 e. The fraction of sp³-hybridized carbons (Fsp3) is 0.500. The molecule has 5 nitrogen and oxygen atoms in total. The third kappa shape index (κ3) is 4.23. The highest BCUT2D eigenvalue weighted by atomic mass is 32.2. The van der Waals surface area contributed by atoms with Crippen LogP contribution in [0.4, 0.5) is 0 Å². The largest absolute Gasteiger partial charge is 0.409 e. The minimum atomic E-state index is -4.10. The second-order valence-electron chi connectivity index (χ2n) is 5.15. The predicted molar refractivity (Wildman–Crippen MR) is 75.4 cm³/mol. The van der Waals surface area contributed by atoms with Crippen molar-refractivity contribution < 1.29 is 17.4 Å². The van der Waals surface area contributed by atoms with Gasteiger partial charge in [-0.2, -0.15) is 8.42 Å². The molecule has 1 saturated carbocycles. The van der Waals surface area contributed by atoms with Gasteiger partial charge in [-0.1, -0.05) is 37.0 Å². The number of carbonyl (C=O) groups excluding carboxylic acids is 1. The molecule has 1 N–H and O–H groups in total. The van der Waals surface area contributed by atoms with Crippen molar-refractivity contribution in [3.63, 3.8) is 0 Å². The van der Waals surface area contributed by atoms with Crippen LogP contribution in [0.15, 0.2) is 24.3 Å². The first-order valence-electron chi connectivity index (χ1n) is 6.79. The lowest BCUT2D eigenvalue weighted by molar-refractivity contribution is -0.124. The van der Waals surface area contributed by atoms with Crippen molar-refractivity contribution in [1.29, 1.82) is 0 Å². The Kier molecular flexibility index (Phi) is 4.65. The van der Waals surface area contributed by atoms with Gasteiger partial charge in [-0.15, -0.1) is 0 Å². The van der Waals surface area contributed by atoms with Gasteiger partial charge in [-0.25, -0.2) is 4.72 Å². The zero-order chi connectivity index (χ0) is 14.6. The normalized spacial score (nSPS) is 16.6. The molecule has 1 fully saturated rings. The predicted octanol–water partition coefficient (Wildman–Crippen LogP) is 2.32. The van der Waals surface area contributed by atoms with E-state index in [4.69, 9.17) is 4.18 Å². The van der Waals surface area contributed by atoms with Crippen LogP contribution >= 0.6 is 0 Å². The molecule has 2 rings (SSSR count). The van der Waals surface area contributed by atoms with E-state index < -0.39 is 16.2 Å². The zero-order valence-electron chi connectivity index (χ0n) is 11.5. The molecule has 0 atom stereocenters. The highest BCUT2D eigenvalue weighted by Gasteiger charge is 2.25.